The summed E-state index contributed by atoms with van der Waals surface area (Å²) in [6.45, 7) is 0. The smallest absolute Gasteiger partial charge is 0.113 e. The number of benzene rings is 1. The lowest BCUT2D eigenvalue weighted by atomic mass is 10.1. The molecule has 0 radical (unpaired) electrons. The van der Waals surface area contributed by atoms with Gasteiger partial charge in [0.05, 0.1) is 0 Å². The van der Waals surface area contributed by atoms with E-state index in [4.69, 9.17) is 0 Å². The number of thioether (sulfide) groups is 1. The van der Waals surface area contributed by atoms with E-state index in [-0.39, 0.29) is 0 Å². The molecule has 0 bridgehead atoms. The van der Waals surface area contributed by atoms with Crippen LogP contribution in [0.5, 0.6) is 0 Å². The van der Waals surface area contributed by atoms with Crippen LogP contribution in [0.4, 0.5) is 0 Å². The van der Waals surface area contributed by atoms with Gasteiger partial charge in [-0.2, -0.15) is 11.8 Å². The lowest BCUT2D eigenvalue weighted by Gasteiger charge is -2.08. The van der Waals surface area contributed by atoms with Crippen molar-refractivity contribution in [3.8, 4) is 0 Å². The van der Waals surface area contributed by atoms with Crippen molar-refractivity contribution in [1.29, 1.82) is 0 Å². The van der Waals surface area contributed by atoms with Gasteiger partial charge < -0.3 is 5.11 Å². The molecule has 1 aromatic carbocycles. The van der Waals surface area contributed by atoms with Crippen LogP contribution in [0.1, 0.15) is 27.0 Å². The summed E-state index contributed by atoms with van der Waals surface area (Å²) < 4.78 is 0. The molecule has 1 atom stereocenters. The molecular formula is C14H14OS2. The second-order valence-electron chi connectivity index (χ2n) is 4.21. The predicted molar refractivity (Wildman–Crippen MR) is 74.7 cm³/mol. The first-order chi connectivity index (χ1) is 8.34. The van der Waals surface area contributed by atoms with Gasteiger partial charge in [-0.15, -0.1) is 11.3 Å². The fraction of sp³-hybridized carbons (Fsp3) is 0.286. The Morgan fingerprint density at radius 1 is 1.18 bits per heavy atom. The minimum absolute atomic E-state index is 0.461. The molecule has 3 heteroatoms. The van der Waals surface area contributed by atoms with Crippen molar-refractivity contribution in [2.45, 2.75) is 18.3 Å². The van der Waals surface area contributed by atoms with E-state index in [1.54, 1.807) is 11.3 Å². The average Bonchev–Trinajstić information content (AvgIpc) is 2.82. The largest absolute Gasteiger partial charge is 0.383 e. The molecule has 1 aliphatic rings. The summed E-state index contributed by atoms with van der Waals surface area (Å²) in [4.78, 5) is 2.55. The number of thiophene rings is 1. The van der Waals surface area contributed by atoms with E-state index in [9.17, 15) is 5.11 Å². The van der Waals surface area contributed by atoms with Crippen LogP contribution in [0.15, 0.2) is 36.4 Å². The summed E-state index contributed by atoms with van der Waals surface area (Å²) in [5.74, 6) is 2.32. The third-order valence-electron chi connectivity index (χ3n) is 3.03. The zero-order valence-corrected chi connectivity index (χ0v) is 11.1. The number of aliphatic hydroxyl groups excluding tert-OH is 1. The van der Waals surface area contributed by atoms with E-state index in [1.165, 1.54) is 16.2 Å². The fourth-order valence-corrected chi connectivity index (χ4v) is 4.50. The first kappa shape index (κ1) is 11.3. The van der Waals surface area contributed by atoms with Crippen LogP contribution in [0.2, 0.25) is 0 Å². The number of fused-ring (bicyclic) bond motifs is 1. The quantitative estimate of drug-likeness (QED) is 0.892. The van der Waals surface area contributed by atoms with E-state index >= 15 is 0 Å². The lowest BCUT2D eigenvalue weighted by molar-refractivity contribution is 0.224. The standard InChI is InChI=1S/C14H14OS2/c15-14(10-4-2-1-3-5-10)13-8-11-9-16-7-6-12(11)17-13/h1-5,8,14-15H,6-7,9H2. The first-order valence-electron chi connectivity index (χ1n) is 5.77. The molecule has 1 aromatic heterocycles. The number of hydrogen-bond acceptors (Lipinski definition) is 3. The second kappa shape index (κ2) is 4.84. The van der Waals surface area contributed by atoms with Crippen molar-refractivity contribution in [2.24, 2.45) is 0 Å². The number of rotatable bonds is 2. The minimum atomic E-state index is -0.461. The normalized spacial score (nSPS) is 16.5. The van der Waals surface area contributed by atoms with Gasteiger partial charge in [0.2, 0.25) is 0 Å². The van der Waals surface area contributed by atoms with Gasteiger partial charge in [-0.05, 0) is 29.4 Å². The van der Waals surface area contributed by atoms with E-state index in [2.05, 4.69) is 6.07 Å². The zero-order chi connectivity index (χ0) is 11.7. The molecule has 3 rings (SSSR count). The second-order valence-corrected chi connectivity index (χ2v) is 6.49. The van der Waals surface area contributed by atoms with Crippen molar-refractivity contribution in [3.63, 3.8) is 0 Å². The maximum absolute atomic E-state index is 10.3. The third-order valence-corrected chi connectivity index (χ3v) is 5.33. The number of aryl methyl sites for hydroxylation is 1. The third kappa shape index (κ3) is 2.28. The maximum atomic E-state index is 10.3. The molecule has 0 fully saturated rings. The zero-order valence-electron chi connectivity index (χ0n) is 9.43. The Morgan fingerprint density at radius 3 is 2.76 bits per heavy atom. The van der Waals surface area contributed by atoms with Crippen molar-refractivity contribution in [3.05, 3.63) is 57.3 Å². The monoisotopic (exact) mass is 262 g/mol. The van der Waals surface area contributed by atoms with Gasteiger partial charge in [0, 0.05) is 15.5 Å². The van der Waals surface area contributed by atoms with Crippen LogP contribution in [0.3, 0.4) is 0 Å². The molecule has 1 N–H and O–H groups in total. The van der Waals surface area contributed by atoms with E-state index in [1.807, 2.05) is 42.1 Å². The van der Waals surface area contributed by atoms with Crippen LogP contribution in [0.25, 0.3) is 0 Å². The highest BCUT2D eigenvalue weighted by Crippen LogP contribution is 2.36. The summed E-state index contributed by atoms with van der Waals surface area (Å²) in [6, 6.07) is 12.1. The highest BCUT2D eigenvalue weighted by atomic mass is 32.2. The van der Waals surface area contributed by atoms with Crippen LogP contribution in [-0.4, -0.2) is 10.9 Å². The molecule has 88 valence electrons. The van der Waals surface area contributed by atoms with Crippen LogP contribution in [-0.2, 0) is 12.2 Å². The molecule has 2 heterocycles. The van der Waals surface area contributed by atoms with Gasteiger partial charge in [-0.3, -0.25) is 0 Å². The van der Waals surface area contributed by atoms with Crippen molar-refractivity contribution >= 4 is 23.1 Å². The Bertz CT molecular complexity index is 481. The first-order valence-corrected chi connectivity index (χ1v) is 7.74. The highest BCUT2D eigenvalue weighted by molar-refractivity contribution is 7.98. The van der Waals surface area contributed by atoms with E-state index in [0.29, 0.717) is 0 Å². The highest BCUT2D eigenvalue weighted by Gasteiger charge is 2.18. The Labute approximate surface area is 110 Å². The molecule has 0 amide bonds. The van der Waals surface area contributed by atoms with E-state index in [0.717, 1.165) is 22.6 Å². The molecule has 0 spiro atoms. The number of hydrogen-bond donors (Lipinski definition) is 1. The molecular weight excluding hydrogens is 248 g/mol. The Morgan fingerprint density at radius 2 is 2.00 bits per heavy atom. The molecule has 2 aromatic rings. The summed E-state index contributed by atoms with van der Waals surface area (Å²) in [6.07, 6.45) is 0.698. The van der Waals surface area contributed by atoms with Crippen molar-refractivity contribution in [1.82, 2.24) is 0 Å². The van der Waals surface area contributed by atoms with Gasteiger partial charge in [0.1, 0.15) is 6.10 Å². The number of aliphatic hydroxyl groups is 1. The predicted octanol–water partition coefficient (Wildman–Crippen LogP) is 3.62. The Hall–Kier alpha value is -0.770. The van der Waals surface area contributed by atoms with Crippen LogP contribution in [0, 0.1) is 0 Å². The van der Waals surface area contributed by atoms with Gasteiger partial charge >= 0.3 is 0 Å². The summed E-state index contributed by atoms with van der Waals surface area (Å²) in [5.41, 5.74) is 2.41. The summed E-state index contributed by atoms with van der Waals surface area (Å²) in [5, 5.41) is 10.3. The molecule has 1 nitrogen and oxygen atoms in total. The van der Waals surface area contributed by atoms with Crippen LogP contribution >= 0.6 is 23.1 Å². The molecule has 17 heavy (non-hydrogen) atoms. The average molecular weight is 262 g/mol. The topological polar surface area (TPSA) is 20.2 Å². The molecule has 1 aliphatic heterocycles. The summed E-state index contributed by atoms with van der Waals surface area (Å²) >= 11 is 3.76. The Balaban J connectivity index is 1.91. The molecule has 0 saturated carbocycles. The SMILES string of the molecule is OC(c1ccccc1)c1cc2c(s1)CCSC2. The van der Waals surface area contributed by atoms with E-state index < -0.39 is 6.10 Å². The molecule has 1 unspecified atom stereocenters. The van der Waals surface area contributed by atoms with Gasteiger partial charge in [-0.1, -0.05) is 30.3 Å². The van der Waals surface area contributed by atoms with Crippen LogP contribution < -0.4 is 0 Å². The Kier molecular flexibility index (Phi) is 3.23. The minimum Gasteiger partial charge on any atom is -0.383 e. The lowest BCUT2D eigenvalue weighted by Crippen LogP contribution is -1.96. The molecule has 0 saturated heterocycles. The summed E-state index contributed by atoms with van der Waals surface area (Å²) in [7, 11) is 0. The maximum Gasteiger partial charge on any atom is 0.113 e. The van der Waals surface area contributed by atoms with Crippen molar-refractivity contribution < 1.29 is 5.11 Å². The van der Waals surface area contributed by atoms with Gasteiger partial charge in [0.15, 0.2) is 0 Å². The fourth-order valence-electron chi connectivity index (χ4n) is 2.10. The van der Waals surface area contributed by atoms with Crippen molar-refractivity contribution in [2.75, 3.05) is 5.75 Å². The van der Waals surface area contributed by atoms with Gasteiger partial charge in [0.25, 0.3) is 0 Å². The molecule has 0 aliphatic carbocycles. The van der Waals surface area contributed by atoms with Gasteiger partial charge in [-0.25, -0.2) is 0 Å².